The van der Waals surface area contributed by atoms with Crippen molar-refractivity contribution in [2.45, 2.75) is 44.1 Å². The molecule has 1 aliphatic carbocycles. The van der Waals surface area contributed by atoms with E-state index in [4.69, 9.17) is 0 Å². The average Bonchev–Trinajstić information content (AvgIpc) is 2.83. The third kappa shape index (κ3) is 4.42. The lowest BCUT2D eigenvalue weighted by Crippen LogP contribution is -2.48. The first-order chi connectivity index (χ1) is 10.5. The summed E-state index contributed by atoms with van der Waals surface area (Å²) in [7, 11) is 0. The third-order valence-electron chi connectivity index (χ3n) is 4.90. The van der Waals surface area contributed by atoms with Crippen LogP contribution in [0.15, 0.2) is 30.3 Å². The molecule has 6 heteroatoms. The van der Waals surface area contributed by atoms with Gasteiger partial charge < -0.3 is 5.32 Å². The molecule has 1 amide bonds. The fraction of sp³-hybridized carbons (Fsp3) is 0.588. The Morgan fingerprint density at radius 2 is 1.96 bits per heavy atom. The summed E-state index contributed by atoms with van der Waals surface area (Å²) in [4.78, 5) is 12.1. The first-order valence-electron chi connectivity index (χ1n) is 7.91. The van der Waals surface area contributed by atoms with E-state index in [0.717, 1.165) is 19.3 Å². The van der Waals surface area contributed by atoms with Gasteiger partial charge in [0.25, 0.3) is 5.92 Å². The van der Waals surface area contributed by atoms with E-state index in [9.17, 15) is 13.6 Å². The predicted molar refractivity (Wildman–Crippen MR) is 88.0 cm³/mol. The predicted octanol–water partition coefficient (Wildman–Crippen LogP) is 2.93. The second-order valence-corrected chi connectivity index (χ2v) is 6.73. The molecule has 1 heterocycles. The van der Waals surface area contributed by atoms with E-state index in [-0.39, 0.29) is 23.7 Å². The number of hydrogen-bond acceptors (Lipinski definition) is 2. The number of alkyl halides is 2. The summed E-state index contributed by atoms with van der Waals surface area (Å²) in [5, 5.41) is 5.50. The number of carbonyl (C=O) groups excluding carboxylic acids is 1. The van der Waals surface area contributed by atoms with Crippen LogP contribution in [0, 0.1) is 5.41 Å². The maximum absolute atomic E-state index is 13.2. The number of benzene rings is 1. The maximum Gasteiger partial charge on any atom is 0.262 e. The molecular formula is C17H23ClF2N2O. The van der Waals surface area contributed by atoms with E-state index in [2.05, 4.69) is 22.8 Å². The molecule has 1 saturated heterocycles. The Labute approximate surface area is 141 Å². The van der Waals surface area contributed by atoms with Gasteiger partial charge in [0.05, 0.1) is 12.6 Å². The quantitative estimate of drug-likeness (QED) is 0.862. The molecule has 1 saturated carbocycles. The zero-order chi connectivity index (χ0) is 15.6. The van der Waals surface area contributed by atoms with Crippen molar-refractivity contribution in [1.29, 1.82) is 0 Å². The molecule has 1 unspecified atom stereocenters. The zero-order valence-electron chi connectivity index (χ0n) is 13.0. The van der Waals surface area contributed by atoms with Gasteiger partial charge in [0.1, 0.15) is 0 Å². The SMILES string of the molecule is Cl.O=C(NCC1(Cc2ccccc2)CCC1)C1CC(F)(F)CN1. The van der Waals surface area contributed by atoms with Gasteiger partial charge in [-0.3, -0.25) is 10.1 Å². The molecule has 1 aromatic carbocycles. The molecule has 2 N–H and O–H groups in total. The van der Waals surface area contributed by atoms with Crippen LogP contribution in [-0.2, 0) is 11.2 Å². The first-order valence-corrected chi connectivity index (χ1v) is 7.91. The van der Waals surface area contributed by atoms with Gasteiger partial charge in [0.2, 0.25) is 5.91 Å². The standard InChI is InChI=1S/C17H22F2N2O.ClH/c18-17(19)10-14(20-12-17)15(22)21-11-16(7-4-8-16)9-13-5-2-1-3-6-13;/h1-3,5-6,14,20H,4,7-12H2,(H,21,22);1H. The van der Waals surface area contributed by atoms with Gasteiger partial charge >= 0.3 is 0 Å². The number of amides is 1. The Hall–Kier alpha value is -1.20. The number of hydrogen-bond donors (Lipinski definition) is 2. The topological polar surface area (TPSA) is 41.1 Å². The molecular weight excluding hydrogens is 322 g/mol. The van der Waals surface area contributed by atoms with Gasteiger partial charge in [0.15, 0.2) is 0 Å². The molecule has 3 rings (SSSR count). The van der Waals surface area contributed by atoms with E-state index in [1.165, 1.54) is 12.0 Å². The summed E-state index contributed by atoms with van der Waals surface area (Å²) in [6.07, 6.45) is 3.86. The summed E-state index contributed by atoms with van der Waals surface area (Å²) in [6.45, 7) is 0.171. The van der Waals surface area contributed by atoms with E-state index in [1.54, 1.807) is 0 Å². The molecule has 3 nitrogen and oxygen atoms in total. The van der Waals surface area contributed by atoms with Gasteiger partial charge in [-0.05, 0) is 30.2 Å². The fourth-order valence-electron chi connectivity index (χ4n) is 3.42. The minimum absolute atomic E-state index is 0. The van der Waals surface area contributed by atoms with Crippen molar-refractivity contribution in [2.75, 3.05) is 13.1 Å². The zero-order valence-corrected chi connectivity index (χ0v) is 13.8. The van der Waals surface area contributed by atoms with Crippen LogP contribution in [0.5, 0.6) is 0 Å². The van der Waals surface area contributed by atoms with Crippen LogP contribution in [-0.4, -0.2) is 31.0 Å². The van der Waals surface area contributed by atoms with E-state index < -0.39 is 24.9 Å². The van der Waals surface area contributed by atoms with Gasteiger partial charge in [-0.25, -0.2) is 8.78 Å². The molecule has 128 valence electrons. The molecule has 23 heavy (non-hydrogen) atoms. The Morgan fingerprint density at radius 1 is 1.26 bits per heavy atom. The lowest BCUT2D eigenvalue weighted by molar-refractivity contribution is -0.124. The minimum atomic E-state index is -2.76. The summed E-state index contributed by atoms with van der Waals surface area (Å²) in [5.41, 5.74) is 1.36. The monoisotopic (exact) mass is 344 g/mol. The number of halogens is 3. The lowest BCUT2D eigenvalue weighted by atomic mass is 9.65. The maximum atomic E-state index is 13.2. The Bertz CT molecular complexity index is 535. The average molecular weight is 345 g/mol. The molecule has 0 bridgehead atoms. The largest absolute Gasteiger partial charge is 0.354 e. The van der Waals surface area contributed by atoms with E-state index in [0.29, 0.717) is 6.54 Å². The molecule has 0 spiro atoms. The highest BCUT2D eigenvalue weighted by Crippen LogP contribution is 2.43. The highest BCUT2D eigenvalue weighted by Gasteiger charge is 2.43. The summed E-state index contributed by atoms with van der Waals surface area (Å²) >= 11 is 0. The lowest BCUT2D eigenvalue weighted by Gasteiger charge is -2.42. The van der Waals surface area contributed by atoms with Crippen LogP contribution in [0.2, 0.25) is 0 Å². The van der Waals surface area contributed by atoms with Crippen molar-refractivity contribution >= 4 is 18.3 Å². The Morgan fingerprint density at radius 3 is 2.48 bits per heavy atom. The highest BCUT2D eigenvalue weighted by atomic mass is 35.5. The van der Waals surface area contributed by atoms with Gasteiger partial charge in [-0.2, -0.15) is 0 Å². The van der Waals surface area contributed by atoms with Crippen molar-refractivity contribution in [3.8, 4) is 0 Å². The van der Waals surface area contributed by atoms with Crippen molar-refractivity contribution in [3.05, 3.63) is 35.9 Å². The van der Waals surface area contributed by atoms with Crippen molar-refractivity contribution in [3.63, 3.8) is 0 Å². The second-order valence-electron chi connectivity index (χ2n) is 6.73. The Balaban J connectivity index is 0.00000192. The van der Waals surface area contributed by atoms with Crippen molar-refractivity contribution in [1.82, 2.24) is 10.6 Å². The number of nitrogens with one attached hydrogen (secondary N) is 2. The fourth-order valence-corrected chi connectivity index (χ4v) is 3.42. The molecule has 1 atom stereocenters. The second kappa shape index (κ2) is 7.14. The normalized spacial score (nSPS) is 24.3. The number of carbonyl (C=O) groups is 1. The first kappa shape index (κ1) is 18.1. The molecule has 0 radical (unpaired) electrons. The van der Waals surface area contributed by atoms with Gasteiger partial charge in [-0.15, -0.1) is 12.4 Å². The molecule has 1 aromatic rings. The summed E-state index contributed by atoms with van der Waals surface area (Å²) in [5.74, 6) is -3.06. The molecule has 1 aliphatic heterocycles. The number of rotatable bonds is 5. The van der Waals surface area contributed by atoms with Crippen molar-refractivity contribution in [2.24, 2.45) is 5.41 Å². The Kier molecular flexibility index (Phi) is 5.63. The molecule has 2 fully saturated rings. The molecule has 0 aromatic heterocycles. The van der Waals surface area contributed by atoms with Crippen molar-refractivity contribution < 1.29 is 13.6 Å². The highest BCUT2D eigenvalue weighted by molar-refractivity contribution is 5.85. The van der Waals surface area contributed by atoms with Gasteiger partial charge in [0, 0.05) is 13.0 Å². The van der Waals surface area contributed by atoms with E-state index in [1.807, 2.05) is 18.2 Å². The van der Waals surface area contributed by atoms with Crippen LogP contribution in [0.25, 0.3) is 0 Å². The van der Waals surface area contributed by atoms with Crippen LogP contribution >= 0.6 is 12.4 Å². The van der Waals surface area contributed by atoms with Crippen LogP contribution in [0.3, 0.4) is 0 Å². The van der Waals surface area contributed by atoms with Crippen LogP contribution < -0.4 is 10.6 Å². The summed E-state index contributed by atoms with van der Waals surface area (Å²) in [6, 6.07) is 9.46. The summed E-state index contributed by atoms with van der Waals surface area (Å²) < 4.78 is 26.3. The molecule has 2 aliphatic rings. The third-order valence-corrected chi connectivity index (χ3v) is 4.90. The van der Waals surface area contributed by atoms with E-state index >= 15 is 0 Å². The van der Waals surface area contributed by atoms with Gasteiger partial charge in [-0.1, -0.05) is 36.8 Å². The smallest absolute Gasteiger partial charge is 0.262 e. The van der Waals surface area contributed by atoms with Crippen LogP contribution in [0.4, 0.5) is 8.78 Å². The van der Waals surface area contributed by atoms with Crippen LogP contribution in [0.1, 0.15) is 31.2 Å². The minimum Gasteiger partial charge on any atom is -0.354 e.